The van der Waals surface area contributed by atoms with Crippen LogP contribution in [0, 0.1) is 0 Å². The number of aromatic nitrogens is 5. The van der Waals surface area contributed by atoms with E-state index in [2.05, 4.69) is 25.6 Å². The van der Waals surface area contributed by atoms with E-state index in [0.29, 0.717) is 15.8 Å². The van der Waals surface area contributed by atoms with Crippen LogP contribution in [0.5, 0.6) is 5.75 Å². The second-order valence-corrected chi connectivity index (χ2v) is 5.45. The lowest BCUT2D eigenvalue weighted by Crippen LogP contribution is -2.16. The van der Waals surface area contributed by atoms with Crippen LogP contribution in [0.25, 0.3) is 16.7 Å². The number of anilines is 1. The van der Waals surface area contributed by atoms with Gasteiger partial charge in [-0.3, -0.25) is 4.79 Å². The van der Waals surface area contributed by atoms with Crippen molar-refractivity contribution in [2.75, 3.05) is 5.31 Å². The molecule has 2 aromatic heterocycles. The highest BCUT2D eigenvalue weighted by atomic mass is 35.5. The minimum absolute atomic E-state index is 0.0726. The zero-order valence-corrected chi connectivity index (χ0v) is 13.2. The number of phenols is 1. The number of nitrogens with zero attached hydrogens (tertiary/aromatic N) is 5. The Kier molecular flexibility index (Phi) is 2.71. The molecule has 2 N–H and O–H groups in total. The topological polar surface area (TPSA) is 105 Å². The normalized spacial score (nSPS) is 13.8. The van der Waals surface area contributed by atoms with E-state index in [4.69, 9.17) is 17.2 Å². The predicted molar refractivity (Wildman–Crippen MR) is 91.5 cm³/mol. The summed E-state index contributed by atoms with van der Waals surface area (Å²) in [6.07, 6.45) is -2.77. The number of para-hydroxylation sites is 2. The first kappa shape index (κ1) is 11.3. The Morgan fingerprint density at radius 3 is 3.16 bits per heavy atom. The molecule has 2 aromatic carbocycles. The molecular formula is C16H11ClN6O2. The van der Waals surface area contributed by atoms with Crippen molar-refractivity contribution in [2.45, 2.75) is 6.37 Å². The van der Waals surface area contributed by atoms with Gasteiger partial charge in [-0.2, -0.15) is 4.52 Å². The molecule has 1 amide bonds. The molecule has 0 radical (unpaired) electrons. The third kappa shape index (κ3) is 2.83. The lowest BCUT2D eigenvalue weighted by molar-refractivity contribution is -0.115. The standard InChI is InChI=1S/C16H11ClN6O2/c17-9-5-6-13-11(7-9)18-12(16-20-21-22-23(13)16)8-15(25)19-10-3-1-2-4-14(10)24/h1-7,24H,8H2,(H,19,25)/i8D2/hD2. The molecule has 0 unspecified atom stereocenters. The molecule has 2 heterocycles. The Morgan fingerprint density at radius 2 is 2.28 bits per heavy atom. The van der Waals surface area contributed by atoms with Crippen LogP contribution >= 0.6 is 11.6 Å². The van der Waals surface area contributed by atoms with Crippen molar-refractivity contribution in [3.05, 3.63) is 53.2 Å². The quantitative estimate of drug-likeness (QED) is 0.542. The minimum atomic E-state index is -2.77. The largest absolute Gasteiger partial charge is 0.506 e. The molecule has 124 valence electrons. The summed E-state index contributed by atoms with van der Waals surface area (Å²) in [4.78, 5) is 17.1. The summed E-state index contributed by atoms with van der Waals surface area (Å²) in [6, 6.07) is 10.5. The number of phenolic OH excluding ortho intramolecular Hbond substituents is 1. The highest BCUT2D eigenvalue weighted by Crippen LogP contribution is 2.23. The van der Waals surface area contributed by atoms with Crippen molar-refractivity contribution in [3.8, 4) is 5.75 Å². The third-order valence-electron chi connectivity index (χ3n) is 3.39. The van der Waals surface area contributed by atoms with Gasteiger partial charge in [0, 0.05) is 7.76 Å². The van der Waals surface area contributed by atoms with Crippen molar-refractivity contribution in [1.82, 2.24) is 25.0 Å². The fourth-order valence-corrected chi connectivity index (χ4v) is 2.47. The second-order valence-electron chi connectivity index (χ2n) is 5.02. The summed E-state index contributed by atoms with van der Waals surface area (Å²) in [5.41, 5.74) is 0.198. The van der Waals surface area contributed by atoms with E-state index in [9.17, 15) is 4.79 Å². The molecule has 9 heteroatoms. The number of benzene rings is 2. The first-order valence-electron chi connectivity index (χ1n) is 8.93. The fraction of sp³-hybridized carbons (Fsp3) is 0.0625. The van der Waals surface area contributed by atoms with Crippen LogP contribution in [-0.4, -0.2) is 37.5 Å². The van der Waals surface area contributed by atoms with E-state index in [-0.39, 0.29) is 28.3 Å². The lowest BCUT2D eigenvalue weighted by atomic mass is 10.2. The molecule has 0 saturated heterocycles. The molecule has 4 aromatic rings. The molecule has 8 nitrogen and oxygen atoms in total. The average molecular weight is 359 g/mol. The number of tetrazole rings is 1. The van der Waals surface area contributed by atoms with E-state index in [1.165, 1.54) is 28.8 Å². The fourth-order valence-electron chi connectivity index (χ4n) is 2.30. The number of aromatic hydroxyl groups is 1. The lowest BCUT2D eigenvalue weighted by Gasteiger charge is -2.08. The molecule has 0 bridgehead atoms. The number of fused-ring (bicyclic) bond motifs is 3. The van der Waals surface area contributed by atoms with E-state index < -0.39 is 12.3 Å². The van der Waals surface area contributed by atoms with Crippen molar-refractivity contribution in [3.63, 3.8) is 0 Å². The Balaban J connectivity index is 1.87. The molecule has 0 fully saturated rings. The van der Waals surface area contributed by atoms with Gasteiger partial charge in [-0.1, -0.05) is 23.7 Å². The number of nitrogens with one attached hydrogen (secondary N) is 1. The van der Waals surface area contributed by atoms with Crippen LogP contribution in [0.4, 0.5) is 5.69 Å². The number of carbonyl (C=O) groups is 1. The molecule has 25 heavy (non-hydrogen) atoms. The molecule has 0 saturated carbocycles. The van der Waals surface area contributed by atoms with Gasteiger partial charge in [0.1, 0.15) is 5.75 Å². The van der Waals surface area contributed by atoms with Gasteiger partial charge < -0.3 is 10.4 Å². The maximum Gasteiger partial charge on any atom is 0.293 e. The van der Waals surface area contributed by atoms with Crippen molar-refractivity contribution >= 4 is 39.9 Å². The minimum Gasteiger partial charge on any atom is -0.506 e. The summed E-state index contributed by atoms with van der Waals surface area (Å²) in [5.74, 6) is -1.35. The highest BCUT2D eigenvalue weighted by Gasteiger charge is 2.16. The number of hydrogen-bond donors (Lipinski definition) is 2. The van der Waals surface area contributed by atoms with Gasteiger partial charge in [0.25, 0.3) is 1.43 Å². The predicted octanol–water partition coefficient (Wildman–Crippen LogP) is 2.21. The van der Waals surface area contributed by atoms with Gasteiger partial charge >= 0.3 is 0 Å². The van der Waals surface area contributed by atoms with Gasteiger partial charge in [0.2, 0.25) is 11.6 Å². The third-order valence-corrected chi connectivity index (χ3v) is 3.63. The summed E-state index contributed by atoms with van der Waals surface area (Å²) < 4.78 is 33.2. The van der Waals surface area contributed by atoms with Crippen LogP contribution in [-0.2, 0) is 11.2 Å². The number of amides is 1. The van der Waals surface area contributed by atoms with E-state index in [1.807, 2.05) is 0 Å². The number of hydrogen-bond acceptors (Lipinski definition) is 6. The summed E-state index contributed by atoms with van der Waals surface area (Å²) in [5, 5.41) is 16.2. The molecule has 4 rings (SSSR count). The van der Waals surface area contributed by atoms with Crippen LogP contribution in [0.3, 0.4) is 0 Å². The van der Waals surface area contributed by atoms with Crippen LogP contribution < -0.4 is 5.31 Å². The number of halogens is 1. The van der Waals surface area contributed by atoms with Crippen molar-refractivity contribution < 1.29 is 14.1 Å². The van der Waals surface area contributed by atoms with Crippen molar-refractivity contribution in [2.24, 2.45) is 0 Å². The van der Waals surface area contributed by atoms with Gasteiger partial charge in [0.15, 0.2) is 1.41 Å². The summed E-state index contributed by atoms with van der Waals surface area (Å²) >= 11 is 6.01. The zero-order chi connectivity index (χ0) is 20.8. The molecule has 0 aliphatic carbocycles. The summed E-state index contributed by atoms with van der Waals surface area (Å²) in [6.45, 7) is 0. The highest BCUT2D eigenvalue weighted by molar-refractivity contribution is 6.31. The Bertz CT molecular complexity index is 1250. The van der Waals surface area contributed by atoms with Gasteiger partial charge in [-0.25, -0.2) is 4.98 Å². The first-order valence-corrected chi connectivity index (χ1v) is 7.46. The van der Waals surface area contributed by atoms with Crippen LogP contribution in [0.15, 0.2) is 42.5 Å². The summed E-state index contributed by atoms with van der Waals surface area (Å²) in [7, 11) is 0. The van der Waals surface area contributed by atoms with Gasteiger partial charge in [-0.05, 0) is 40.8 Å². The second kappa shape index (κ2) is 5.99. The number of carbonyl (C=O) groups excluding carboxylic acids is 1. The van der Waals surface area contributed by atoms with E-state index in [1.54, 1.807) is 18.2 Å². The Labute approximate surface area is 151 Å². The van der Waals surface area contributed by atoms with E-state index in [0.717, 1.165) is 0 Å². The molecule has 0 atom stereocenters. The van der Waals surface area contributed by atoms with Gasteiger partial charge in [0.05, 0.1) is 28.8 Å². The monoisotopic (exact) mass is 358 g/mol. The van der Waals surface area contributed by atoms with Crippen LogP contribution in [0.1, 0.15) is 8.44 Å². The molecule has 0 spiro atoms. The number of rotatable bonds is 4. The van der Waals surface area contributed by atoms with Gasteiger partial charge in [-0.15, -0.1) is 5.10 Å². The van der Waals surface area contributed by atoms with Crippen molar-refractivity contribution in [1.29, 1.82) is 1.43 Å². The maximum atomic E-state index is 12.9. The SMILES string of the molecule is [2H]Oc1ccccc1N([2H])C(=O)C([2H])([2H])c1nc2cc(Cl)ccc2n2nnnc12. The Hall–Kier alpha value is -3.26. The average Bonchev–Trinajstić information content (AvgIpc) is 3.21. The smallest absolute Gasteiger partial charge is 0.293 e. The Morgan fingerprint density at radius 1 is 1.40 bits per heavy atom. The van der Waals surface area contributed by atoms with Crippen LogP contribution in [0.2, 0.25) is 6.43 Å². The van der Waals surface area contributed by atoms with E-state index >= 15 is 0 Å². The zero-order valence-electron chi connectivity index (χ0n) is 16.4. The molecule has 0 aliphatic rings. The molecule has 0 aliphatic heterocycles. The first-order chi connectivity index (χ1) is 13.8. The molecular weight excluding hydrogens is 344 g/mol. The maximum absolute atomic E-state index is 12.9.